The van der Waals surface area contributed by atoms with Crippen molar-refractivity contribution in [2.45, 2.75) is 35.7 Å². The number of fused-ring (bicyclic) bond motifs is 1. The maximum atomic E-state index is 13.9. The molecule has 1 atom stereocenters. The normalized spacial score (nSPS) is 17.7. The second-order valence-electron chi connectivity index (χ2n) is 8.99. The minimum Gasteiger partial charge on any atom is -0.486 e. The fourth-order valence-corrected chi connectivity index (χ4v) is 5.74. The van der Waals surface area contributed by atoms with Gasteiger partial charge in [0.2, 0.25) is 21.8 Å². The molecule has 0 radical (unpaired) electrons. The number of halogens is 3. The number of amides is 2. The summed E-state index contributed by atoms with van der Waals surface area (Å²) in [5.41, 5.74) is -0.661. The molecule has 2 aliphatic rings. The zero-order chi connectivity index (χ0) is 28.2. The lowest BCUT2D eigenvalue weighted by Gasteiger charge is -2.31. The molecule has 1 N–H and O–H groups in total. The van der Waals surface area contributed by atoms with Crippen LogP contribution in [0.3, 0.4) is 0 Å². The first-order valence-electron chi connectivity index (χ1n) is 12.3. The first-order chi connectivity index (χ1) is 18.4. The van der Waals surface area contributed by atoms with Gasteiger partial charge < -0.3 is 14.4 Å². The van der Waals surface area contributed by atoms with Crippen LogP contribution >= 0.6 is 11.8 Å². The Morgan fingerprint density at radius 2 is 1.87 bits per heavy atom. The second-order valence-corrected chi connectivity index (χ2v) is 12.1. The predicted octanol–water partition coefficient (Wildman–Crippen LogP) is 4.35. The van der Waals surface area contributed by atoms with E-state index in [0.29, 0.717) is 49.0 Å². The van der Waals surface area contributed by atoms with E-state index in [2.05, 4.69) is 0 Å². The number of ether oxygens (including phenoxy) is 2. The number of nitrogens with zero attached hydrogens (tertiary/aromatic N) is 1. The highest BCUT2D eigenvalue weighted by Crippen LogP contribution is 2.42. The molecule has 13 heteroatoms. The van der Waals surface area contributed by atoms with E-state index in [1.807, 2.05) is 4.72 Å². The largest absolute Gasteiger partial charge is 0.486 e. The number of likely N-dealkylation sites (tertiary alicyclic amines) is 1. The van der Waals surface area contributed by atoms with Gasteiger partial charge in [-0.1, -0.05) is 17.8 Å². The molecule has 0 spiro atoms. The van der Waals surface area contributed by atoms with Crippen molar-refractivity contribution in [1.29, 1.82) is 0 Å². The molecule has 2 aromatic rings. The van der Waals surface area contributed by atoms with Crippen molar-refractivity contribution in [3.8, 4) is 11.5 Å². The molecule has 8 nitrogen and oxygen atoms in total. The number of carbonyl (C=O) groups excluding carboxylic acids is 2. The first kappa shape index (κ1) is 28.8. The summed E-state index contributed by atoms with van der Waals surface area (Å²) < 4.78 is 78.1. The summed E-state index contributed by atoms with van der Waals surface area (Å²) in [6.07, 6.45) is -1.26. The van der Waals surface area contributed by atoms with Gasteiger partial charge in [-0.15, -0.1) is 0 Å². The van der Waals surface area contributed by atoms with Gasteiger partial charge in [0.05, 0.1) is 17.2 Å². The van der Waals surface area contributed by atoms with Crippen LogP contribution in [-0.2, 0) is 25.8 Å². The quantitative estimate of drug-likeness (QED) is 0.483. The number of hydrogen-bond acceptors (Lipinski definition) is 7. The third kappa shape index (κ3) is 7.47. The van der Waals surface area contributed by atoms with Crippen LogP contribution in [0.1, 0.15) is 30.9 Å². The van der Waals surface area contributed by atoms with Crippen LogP contribution in [0.25, 0.3) is 6.08 Å². The summed E-state index contributed by atoms with van der Waals surface area (Å²) in [4.78, 5) is 27.0. The number of sulfonamides is 1. The SMILES string of the molecule is CCS(=O)(=O)NC(=O)C1CCCN(C(=O)C=Cc2ccc(Sc3ccc4c(c3)OCCO4)c(C(F)(F)F)c2)C1. The van der Waals surface area contributed by atoms with Crippen molar-refractivity contribution in [2.24, 2.45) is 5.92 Å². The Labute approximate surface area is 228 Å². The maximum absolute atomic E-state index is 13.9. The monoisotopic (exact) mass is 584 g/mol. The number of piperidine rings is 1. The van der Waals surface area contributed by atoms with Gasteiger partial charge in [0, 0.05) is 29.0 Å². The second kappa shape index (κ2) is 11.9. The van der Waals surface area contributed by atoms with Crippen molar-refractivity contribution in [3.63, 3.8) is 0 Å². The fourth-order valence-electron chi connectivity index (χ4n) is 4.15. The molecule has 2 amide bonds. The predicted molar refractivity (Wildman–Crippen MR) is 139 cm³/mol. The molecule has 0 saturated carbocycles. The minimum absolute atomic E-state index is 0.00503. The maximum Gasteiger partial charge on any atom is 0.417 e. The van der Waals surface area contributed by atoms with E-state index >= 15 is 0 Å². The van der Waals surface area contributed by atoms with Gasteiger partial charge in [0.25, 0.3) is 0 Å². The number of nitrogens with one attached hydrogen (secondary N) is 1. The van der Waals surface area contributed by atoms with E-state index < -0.39 is 39.5 Å². The average Bonchev–Trinajstić information content (AvgIpc) is 2.91. The lowest BCUT2D eigenvalue weighted by molar-refractivity contribution is -0.139. The van der Waals surface area contributed by atoms with E-state index in [1.54, 1.807) is 18.2 Å². The highest BCUT2D eigenvalue weighted by molar-refractivity contribution is 7.99. The topological polar surface area (TPSA) is 102 Å². The van der Waals surface area contributed by atoms with E-state index in [4.69, 9.17) is 9.47 Å². The highest BCUT2D eigenvalue weighted by Gasteiger charge is 2.34. The van der Waals surface area contributed by atoms with E-state index in [9.17, 15) is 31.2 Å². The summed E-state index contributed by atoms with van der Waals surface area (Å²) in [6.45, 7) is 2.55. The molecule has 2 aromatic carbocycles. The molecular formula is C26H27F3N2O6S2. The van der Waals surface area contributed by atoms with Gasteiger partial charge in [-0.3, -0.25) is 14.3 Å². The Bertz CT molecular complexity index is 1380. The Hall–Kier alpha value is -3.19. The molecule has 1 fully saturated rings. The van der Waals surface area contributed by atoms with Crippen molar-refractivity contribution < 1.29 is 40.7 Å². The molecule has 2 heterocycles. The highest BCUT2D eigenvalue weighted by atomic mass is 32.2. The minimum atomic E-state index is -4.63. The lowest BCUT2D eigenvalue weighted by Crippen LogP contribution is -2.46. The standard InChI is InChI=1S/C26H27F3N2O6S2/c1-2-39(34,35)30-25(33)18-4-3-11-31(16-18)24(32)10-6-17-5-9-23(20(14-17)26(27,28)29)38-19-7-8-21-22(15-19)37-13-12-36-21/h5-10,14-15,18H,2-4,11-13,16H2,1H3,(H,30,33). The summed E-state index contributed by atoms with van der Waals surface area (Å²) in [5, 5.41) is 0. The lowest BCUT2D eigenvalue weighted by atomic mass is 9.97. The van der Waals surface area contributed by atoms with Gasteiger partial charge in [0.1, 0.15) is 13.2 Å². The zero-order valence-corrected chi connectivity index (χ0v) is 22.6. The van der Waals surface area contributed by atoms with Crippen LogP contribution in [0.5, 0.6) is 11.5 Å². The van der Waals surface area contributed by atoms with Crippen LogP contribution in [-0.4, -0.2) is 57.2 Å². The molecule has 0 aliphatic carbocycles. The van der Waals surface area contributed by atoms with Crippen molar-refractivity contribution >= 4 is 39.7 Å². The molecule has 210 valence electrons. The Morgan fingerprint density at radius 1 is 1.13 bits per heavy atom. The van der Waals surface area contributed by atoms with Crippen LogP contribution in [0.2, 0.25) is 0 Å². The Kier molecular flexibility index (Phi) is 8.80. The third-order valence-electron chi connectivity index (χ3n) is 6.21. The molecule has 4 rings (SSSR count). The van der Waals surface area contributed by atoms with Crippen LogP contribution in [0.15, 0.2) is 52.3 Å². The van der Waals surface area contributed by atoms with Crippen LogP contribution in [0.4, 0.5) is 13.2 Å². The fraction of sp³-hybridized carbons (Fsp3) is 0.385. The van der Waals surface area contributed by atoms with Crippen LogP contribution < -0.4 is 14.2 Å². The molecule has 1 unspecified atom stereocenters. The molecular weight excluding hydrogens is 557 g/mol. The van der Waals surface area contributed by atoms with E-state index in [1.165, 1.54) is 30.0 Å². The van der Waals surface area contributed by atoms with Gasteiger partial charge in [0.15, 0.2) is 11.5 Å². The molecule has 1 saturated heterocycles. The smallest absolute Gasteiger partial charge is 0.417 e. The van der Waals surface area contributed by atoms with Gasteiger partial charge in [-0.2, -0.15) is 13.2 Å². The van der Waals surface area contributed by atoms with Crippen molar-refractivity contribution in [1.82, 2.24) is 9.62 Å². The Balaban J connectivity index is 1.46. The number of carbonyl (C=O) groups is 2. The molecule has 0 aromatic heterocycles. The number of alkyl halides is 3. The number of benzene rings is 2. The van der Waals surface area contributed by atoms with Crippen molar-refractivity contribution in [3.05, 3.63) is 53.6 Å². The van der Waals surface area contributed by atoms with Crippen molar-refractivity contribution in [2.75, 3.05) is 32.1 Å². The molecule has 0 bridgehead atoms. The Morgan fingerprint density at radius 3 is 2.59 bits per heavy atom. The number of hydrogen-bond donors (Lipinski definition) is 1. The van der Waals surface area contributed by atoms with E-state index in [-0.39, 0.29) is 22.8 Å². The van der Waals surface area contributed by atoms with Gasteiger partial charge >= 0.3 is 6.18 Å². The summed E-state index contributed by atoms with van der Waals surface area (Å²) in [5.74, 6) is -1.06. The van der Waals surface area contributed by atoms with E-state index in [0.717, 1.165) is 23.9 Å². The first-order valence-corrected chi connectivity index (χ1v) is 14.7. The summed E-state index contributed by atoms with van der Waals surface area (Å²) in [7, 11) is -3.72. The number of rotatable bonds is 7. The molecule has 39 heavy (non-hydrogen) atoms. The van der Waals surface area contributed by atoms with Gasteiger partial charge in [-0.25, -0.2) is 8.42 Å². The average molecular weight is 585 g/mol. The van der Waals surface area contributed by atoms with Crippen LogP contribution in [0, 0.1) is 5.92 Å². The summed E-state index contributed by atoms with van der Waals surface area (Å²) in [6, 6.07) is 8.77. The molecule has 2 aliphatic heterocycles. The van der Waals surface area contributed by atoms with Gasteiger partial charge in [-0.05, 0) is 61.7 Å². The third-order valence-corrected chi connectivity index (χ3v) is 8.55. The zero-order valence-electron chi connectivity index (χ0n) is 21.0. The summed E-state index contributed by atoms with van der Waals surface area (Å²) >= 11 is 0.943.